The molecule has 0 aliphatic heterocycles. The van der Waals surface area contributed by atoms with Crippen LogP contribution in [-0.2, 0) is 5.41 Å². The van der Waals surface area contributed by atoms with Gasteiger partial charge in [-0.3, -0.25) is 0 Å². The van der Waals surface area contributed by atoms with Gasteiger partial charge in [0, 0.05) is 27.7 Å². The number of allylic oxidation sites excluding steroid dienone is 4. The highest BCUT2D eigenvalue weighted by atomic mass is 15.1. The maximum Gasteiger partial charge on any atom is 0.0624 e. The van der Waals surface area contributed by atoms with Gasteiger partial charge in [0.1, 0.15) is 0 Å². The van der Waals surface area contributed by atoms with Gasteiger partial charge in [-0.2, -0.15) is 0 Å². The molecule has 0 spiro atoms. The Hall–Kier alpha value is -6.18. The van der Waals surface area contributed by atoms with E-state index < -0.39 is 0 Å². The summed E-state index contributed by atoms with van der Waals surface area (Å²) in [6.07, 6.45) is 10.4. The predicted molar refractivity (Wildman–Crippen MR) is 217 cm³/mol. The Labute approximate surface area is 295 Å². The summed E-state index contributed by atoms with van der Waals surface area (Å²) in [5, 5.41) is 4.87. The van der Waals surface area contributed by atoms with Crippen molar-refractivity contribution in [1.82, 2.24) is 0 Å². The van der Waals surface area contributed by atoms with E-state index in [0.717, 1.165) is 33.8 Å². The summed E-state index contributed by atoms with van der Waals surface area (Å²) in [6, 6.07) is 52.5. The minimum Gasteiger partial charge on any atom is -0.309 e. The molecule has 0 amide bonds. The molecule has 240 valence electrons. The number of benzene rings is 7. The van der Waals surface area contributed by atoms with Crippen LogP contribution in [0.2, 0.25) is 0 Å². The highest BCUT2D eigenvalue weighted by Crippen LogP contribution is 2.58. The number of nitrogens with zero attached hydrogens (tertiary/aromatic N) is 1. The number of rotatable bonds is 8. The van der Waals surface area contributed by atoms with Crippen molar-refractivity contribution in [2.75, 3.05) is 4.90 Å². The van der Waals surface area contributed by atoms with Gasteiger partial charge >= 0.3 is 0 Å². The summed E-state index contributed by atoms with van der Waals surface area (Å²) >= 11 is 0. The SMILES string of the molecule is C=C/C=C\c1cc2ccccc2cc1/C=C(\C=C)c1c2c(c3ccccc3c1N(c1ccccc1)c1ccccc1)C(C)(C)c1ccccc1-2. The average molecular weight is 642 g/mol. The van der Waals surface area contributed by atoms with E-state index in [2.05, 4.69) is 190 Å². The van der Waals surface area contributed by atoms with E-state index in [-0.39, 0.29) is 5.41 Å². The van der Waals surface area contributed by atoms with E-state index in [1.807, 2.05) is 18.2 Å². The van der Waals surface area contributed by atoms with Gasteiger partial charge in [-0.05, 0) is 97.6 Å². The second-order valence-electron chi connectivity index (χ2n) is 13.4. The molecule has 7 aromatic carbocycles. The fourth-order valence-electron chi connectivity index (χ4n) is 7.91. The molecule has 1 aliphatic carbocycles. The lowest BCUT2D eigenvalue weighted by molar-refractivity contribution is 0.666. The van der Waals surface area contributed by atoms with Gasteiger partial charge in [-0.25, -0.2) is 0 Å². The summed E-state index contributed by atoms with van der Waals surface area (Å²) in [7, 11) is 0. The van der Waals surface area contributed by atoms with Crippen molar-refractivity contribution in [3.63, 3.8) is 0 Å². The first-order valence-corrected chi connectivity index (χ1v) is 17.3. The van der Waals surface area contributed by atoms with Crippen LogP contribution >= 0.6 is 0 Å². The molecule has 0 aromatic heterocycles. The van der Waals surface area contributed by atoms with Crippen molar-refractivity contribution in [2.24, 2.45) is 0 Å². The minimum absolute atomic E-state index is 0.212. The molecule has 0 radical (unpaired) electrons. The van der Waals surface area contributed by atoms with Crippen LogP contribution in [0.1, 0.15) is 41.7 Å². The third-order valence-electron chi connectivity index (χ3n) is 10.1. The second-order valence-corrected chi connectivity index (χ2v) is 13.4. The van der Waals surface area contributed by atoms with Gasteiger partial charge < -0.3 is 4.90 Å². The van der Waals surface area contributed by atoms with E-state index in [0.29, 0.717) is 0 Å². The molecule has 0 saturated heterocycles. The quantitative estimate of drug-likeness (QED) is 0.118. The number of anilines is 3. The Morgan fingerprint density at radius 2 is 1.18 bits per heavy atom. The van der Waals surface area contributed by atoms with Crippen molar-refractivity contribution < 1.29 is 0 Å². The summed E-state index contributed by atoms with van der Waals surface area (Å²) in [4.78, 5) is 2.43. The smallest absolute Gasteiger partial charge is 0.0624 e. The van der Waals surface area contributed by atoms with Crippen LogP contribution in [0.25, 0.3) is 50.4 Å². The number of hydrogen-bond acceptors (Lipinski definition) is 1. The summed E-state index contributed by atoms with van der Waals surface area (Å²) in [6.45, 7) is 13.2. The molecule has 0 saturated carbocycles. The zero-order valence-electron chi connectivity index (χ0n) is 28.6. The largest absolute Gasteiger partial charge is 0.309 e. The molecule has 0 heterocycles. The molecule has 0 N–H and O–H groups in total. The predicted octanol–water partition coefficient (Wildman–Crippen LogP) is 13.7. The fraction of sp³-hybridized carbons (Fsp3) is 0.0612. The van der Waals surface area contributed by atoms with Crippen molar-refractivity contribution in [3.8, 4) is 11.1 Å². The Balaban J connectivity index is 1.56. The zero-order chi connectivity index (χ0) is 34.2. The normalized spacial score (nSPS) is 13.4. The molecule has 7 aromatic rings. The molecule has 1 aliphatic rings. The maximum absolute atomic E-state index is 4.51. The van der Waals surface area contributed by atoms with Crippen molar-refractivity contribution in [1.29, 1.82) is 0 Å². The maximum atomic E-state index is 4.51. The molecule has 0 atom stereocenters. The van der Waals surface area contributed by atoms with Crippen LogP contribution in [0.5, 0.6) is 0 Å². The van der Waals surface area contributed by atoms with Crippen LogP contribution in [0.15, 0.2) is 177 Å². The summed E-state index contributed by atoms with van der Waals surface area (Å²) in [5.41, 5.74) is 12.8. The van der Waals surface area contributed by atoms with Crippen molar-refractivity contribution >= 4 is 56.3 Å². The summed E-state index contributed by atoms with van der Waals surface area (Å²) < 4.78 is 0. The van der Waals surface area contributed by atoms with Crippen LogP contribution in [0, 0.1) is 0 Å². The molecular formula is C49H39N. The fourth-order valence-corrected chi connectivity index (χ4v) is 7.91. The molecule has 1 heteroatoms. The Kier molecular flexibility index (Phi) is 7.90. The van der Waals surface area contributed by atoms with Crippen LogP contribution in [-0.4, -0.2) is 0 Å². The van der Waals surface area contributed by atoms with Crippen LogP contribution in [0.4, 0.5) is 17.1 Å². The van der Waals surface area contributed by atoms with Crippen LogP contribution in [0.3, 0.4) is 0 Å². The molecule has 0 fully saturated rings. The van der Waals surface area contributed by atoms with Gasteiger partial charge in [0.05, 0.1) is 5.69 Å². The third kappa shape index (κ3) is 5.11. The third-order valence-corrected chi connectivity index (χ3v) is 10.1. The second kappa shape index (κ2) is 12.7. The Morgan fingerprint density at radius 3 is 1.82 bits per heavy atom. The number of fused-ring (bicyclic) bond motifs is 6. The van der Waals surface area contributed by atoms with E-state index in [4.69, 9.17) is 0 Å². The lowest BCUT2D eigenvalue weighted by Crippen LogP contribution is -2.18. The van der Waals surface area contributed by atoms with Crippen molar-refractivity contribution in [3.05, 3.63) is 205 Å². The molecule has 8 rings (SSSR count). The lowest BCUT2D eigenvalue weighted by atomic mass is 9.78. The average Bonchev–Trinajstić information content (AvgIpc) is 3.40. The van der Waals surface area contributed by atoms with E-state index in [1.165, 1.54) is 49.4 Å². The van der Waals surface area contributed by atoms with Gasteiger partial charge in [-0.1, -0.05) is 161 Å². The van der Waals surface area contributed by atoms with Gasteiger partial charge in [0.15, 0.2) is 0 Å². The summed E-state index contributed by atoms with van der Waals surface area (Å²) in [5.74, 6) is 0. The van der Waals surface area contributed by atoms with E-state index in [1.54, 1.807) is 0 Å². The van der Waals surface area contributed by atoms with Gasteiger partial charge in [0.25, 0.3) is 0 Å². The van der Waals surface area contributed by atoms with E-state index >= 15 is 0 Å². The monoisotopic (exact) mass is 641 g/mol. The highest BCUT2D eigenvalue weighted by molar-refractivity contribution is 6.15. The number of para-hydroxylation sites is 2. The molecular weight excluding hydrogens is 603 g/mol. The first-order chi connectivity index (χ1) is 24.5. The van der Waals surface area contributed by atoms with Gasteiger partial charge in [0.2, 0.25) is 0 Å². The molecule has 0 bridgehead atoms. The van der Waals surface area contributed by atoms with Gasteiger partial charge in [-0.15, -0.1) is 0 Å². The minimum atomic E-state index is -0.212. The lowest BCUT2D eigenvalue weighted by Gasteiger charge is -2.32. The Bertz CT molecular complexity index is 2440. The highest BCUT2D eigenvalue weighted by Gasteiger charge is 2.40. The topological polar surface area (TPSA) is 3.24 Å². The first kappa shape index (κ1) is 31.1. The molecule has 1 nitrogen and oxygen atoms in total. The standard InChI is InChI=1S/C49H39N/c1-5-7-20-37-32-35-21-14-15-22-36(35)33-38(37)31-34(6-2)45-46-43-29-18-19-30-44(43)49(3,4)47(46)41-27-16-17-28-42(41)48(45)50(39-23-10-8-11-24-39)40-25-12-9-13-26-40/h5-33H,1-2H2,3-4H3/b20-7-,34-31+. The van der Waals surface area contributed by atoms with Crippen LogP contribution < -0.4 is 4.90 Å². The van der Waals surface area contributed by atoms with Crippen molar-refractivity contribution in [2.45, 2.75) is 19.3 Å². The zero-order valence-corrected chi connectivity index (χ0v) is 28.6. The molecule has 0 unspecified atom stereocenters. The van der Waals surface area contributed by atoms with E-state index in [9.17, 15) is 0 Å². The number of hydrogen-bond donors (Lipinski definition) is 0. The Morgan fingerprint density at radius 1 is 0.620 bits per heavy atom. The molecule has 50 heavy (non-hydrogen) atoms. The first-order valence-electron chi connectivity index (χ1n) is 17.3.